The molecule has 0 saturated heterocycles. The van der Waals surface area contributed by atoms with Crippen molar-refractivity contribution in [2.45, 2.75) is 19.2 Å². The van der Waals surface area contributed by atoms with Crippen molar-refractivity contribution in [3.8, 4) is 0 Å². The lowest BCUT2D eigenvalue weighted by atomic mass is 10.1. The number of aryl methyl sites for hydroxylation is 2. The van der Waals surface area contributed by atoms with E-state index in [-0.39, 0.29) is 11.3 Å². The summed E-state index contributed by atoms with van der Waals surface area (Å²) in [6.07, 6.45) is 0. The fourth-order valence-electron chi connectivity index (χ4n) is 2.13. The highest BCUT2D eigenvalue weighted by Gasteiger charge is 2.12. The third kappa shape index (κ3) is 3.61. The Morgan fingerprint density at radius 1 is 1.15 bits per heavy atom. The minimum absolute atomic E-state index is 0.0796. The smallest absolute Gasteiger partial charge is 0.251 e. The number of rotatable bonds is 4. The molecule has 0 fully saturated rings. The Balaban J connectivity index is 1.99. The third-order valence-electron chi connectivity index (χ3n) is 3.23. The number of hydrogen-bond donors (Lipinski definition) is 1. The highest BCUT2D eigenvalue weighted by atomic mass is 35.5. The van der Waals surface area contributed by atoms with Crippen molar-refractivity contribution < 1.29 is 4.79 Å². The van der Waals surface area contributed by atoms with Crippen molar-refractivity contribution in [1.82, 2.24) is 5.32 Å². The van der Waals surface area contributed by atoms with Crippen LogP contribution >= 0.6 is 11.6 Å². The summed E-state index contributed by atoms with van der Waals surface area (Å²) in [5, 5.41) is 2.67. The van der Waals surface area contributed by atoms with Crippen LogP contribution in [0.1, 0.15) is 32.4 Å². The van der Waals surface area contributed by atoms with Gasteiger partial charge in [0.1, 0.15) is 0 Å². The highest BCUT2D eigenvalue weighted by Crippen LogP contribution is 2.19. The fraction of sp³-hybridized carbons (Fsp3) is 0.235. The minimum Gasteiger partial charge on any atom is -0.350 e. The van der Waals surface area contributed by atoms with Gasteiger partial charge >= 0.3 is 0 Å². The second-order valence-electron chi connectivity index (χ2n) is 4.91. The molecular weight excluding hydrogens is 270 g/mol. The molecule has 0 radical (unpaired) electrons. The van der Waals surface area contributed by atoms with Gasteiger partial charge in [0.15, 0.2) is 0 Å². The summed E-state index contributed by atoms with van der Waals surface area (Å²) in [5.74, 6) is -0.0796. The first kappa shape index (κ1) is 14.6. The summed E-state index contributed by atoms with van der Waals surface area (Å²) >= 11 is 6.29. The van der Waals surface area contributed by atoms with Crippen LogP contribution < -0.4 is 5.32 Å². The Hall–Kier alpha value is -1.80. The monoisotopic (exact) mass is 287 g/mol. The molecule has 1 N–H and O–H groups in total. The van der Waals surface area contributed by atoms with Gasteiger partial charge in [0.05, 0.1) is 5.38 Å². The topological polar surface area (TPSA) is 29.1 Å². The predicted molar refractivity (Wildman–Crippen MR) is 83.3 cm³/mol. The van der Waals surface area contributed by atoms with Crippen molar-refractivity contribution in [1.29, 1.82) is 0 Å². The Bertz CT molecular complexity index is 595. The van der Waals surface area contributed by atoms with Crippen LogP contribution in [0.2, 0.25) is 0 Å². The van der Waals surface area contributed by atoms with E-state index in [2.05, 4.69) is 5.32 Å². The molecule has 1 amide bonds. The first-order valence-corrected chi connectivity index (χ1v) is 7.06. The van der Waals surface area contributed by atoms with Crippen LogP contribution in [0.15, 0.2) is 48.5 Å². The molecule has 1 atom stereocenters. The lowest BCUT2D eigenvalue weighted by Gasteiger charge is -2.12. The zero-order valence-electron chi connectivity index (χ0n) is 11.7. The largest absolute Gasteiger partial charge is 0.350 e. The number of carbonyl (C=O) groups is 1. The zero-order chi connectivity index (χ0) is 14.5. The standard InChI is InChI=1S/C17H18ClNO/c1-12-8-9-15(13(2)10-12)17(20)19-11-16(18)14-6-4-3-5-7-14/h3-10,16H,11H2,1-2H3,(H,19,20). The molecule has 2 aromatic rings. The van der Waals surface area contributed by atoms with Crippen molar-refractivity contribution in [2.75, 3.05) is 6.54 Å². The van der Waals surface area contributed by atoms with Crippen LogP contribution in [0.3, 0.4) is 0 Å². The van der Waals surface area contributed by atoms with Crippen LogP contribution in [0.25, 0.3) is 0 Å². The van der Waals surface area contributed by atoms with Crippen LogP contribution in [0.4, 0.5) is 0 Å². The highest BCUT2D eigenvalue weighted by molar-refractivity contribution is 6.21. The molecule has 0 aliphatic heterocycles. The summed E-state index contributed by atoms with van der Waals surface area (Å²) in [6.45, 7) is 4.37. The van der Waals surface area contributed by atoms with E-state index in [1.807, 2.05) is 62.4 Å². The Morgan fingerprint density at radius 3 is 2.50 bits per heavy atom. The Kier molecular flexibility index (Phi) is 4.80. The SMILES string of the molecule is Cc1ccc(C(=O)NCC(Cl)c2ccccc2)c(C)c1. The Labute approximate surface area is 124 Å². The van der Waals surface area contributed by atoms with Gasteiger partial charge < -0.3 is 5.32 Å². The number of amides is 1. The number of nitrogens with one attached hydrogen (secondary N) is 1. The summed E-state index contributed by atoms with van der Waals surface area (Å²) in [5.41, 5.74) is 3.84. The van der Waals surface area contributed by atoms with Crippen LogP contribution in [-0.4, -0.2) is 12.5 Å². The minimum atomic E-state index is -0.217. The lowest BCUT2D eigenvalue weighted by Crippen LogP contribution is -2.27. The van der Waals surface area contributed by atoms with E-state index in [4.69, 9.17) is 11.6 Å². The average molecular weight is 288 g/mol. The summed E-state index contributed by atoms with van der Waals surface area (Å²) in [6, 6.07) is 15.5. The number of alkyl halides is 1. The van der Waals surface area contributed by atoms with Crippen molar-refractivity contribution in [3.63, 3.8) is 0 Å². The van der Waals surface area contributed by atoms with Crippen molar-refractivity contribution in [2.24, 2.45) is 0 Å². The number of halogens is 1. The molecule has 104 valence electrons. The molecule has 0 aliphatic rings. The van der Waals surface area contributed by atoms with Gasteiger partial charge in [0.25, 0.3) is 5.91 Å². The average Bonchev–Trinajstić information content (AvgIpc) is 2.45. The fourth-order valence-corrected chi connectivity index (χ4v) is 2.35. The van der Waals surface area contributed by atoms with Gasteiger partial charge in [0.2, 0.25) is 0 Å². The van der Waals surface area contributed by atoms with Crippen molar-refractivity contribution in [3.05, 3.63) is 70.8 Å². The molecule has 0 bridgehead atoms. The molecule has 0 aromatic heterocycles. The quantitative estimate of drug-likeness (QED) is 0.846. The maximum atomic E-state index is 12.1. The molecule has 2 rings (SSSR count). The van der Waals surface area contributed by atoms with Crippen molar-refractivity contribution >= 4 is 17.5 Å². The molecule has 20 heavy (non-hydrogen) atoms. The predicted octanol–water partition coefficient (Wildman–Crippen LogP) is 4.01. The van der Waals surface area contributed by atoms with Gasteiger partial charge in [-0.15, -0.1) is 11.6 Å². The van der Waals surface area contributed by atoms with Gasteiger partial charge in [-0.1, -0.05) is 48.0 Å². The van der Waals surface area contributed by atoms with Crippen LogP contribution in [0, 0.1) is 13.8 Å². The van der Waals surface area contributed by atoms with E-state index in [0.717, 1.165) is 16.7 Å². The second kappa shape index (κ2) is 6.58. The van der Waals surface area contributed by atoms with E-state index >= 15 is 0 Å². The summed E-state index contributed by atoms with van der Waals surface area (Å²) < 4.78 is 0. The van der Waals surface area contributed by atoms with Crippen LogP contribution in [-0.2, 0) is 0 Å². The molecule has 0 heterocycles. The second-order valence-corrected chi connectivity index (χ2v) is 5.43. The van der Waals surface area contributed by atoms with E-state index in [1.54, 1.807) is 0 Å². The molecular formula is C17H18ClNO. The van der Waals surface area contributed by atoms with Gasteiger partial charge in [-0.05, 0) is 31.0 Å². The molecule has 0 aliphatic carbocycles. The molecule has 2 nitrogen and oxygen atoms in total. The van der Waals surface area contributed by atoms with E-state index < -0.39 is 0 Å². The van der Waals surface area contributed by atoms with E-state index in [0.29, 0.717) is 12.1 Å². The molecule has 0 saturated carbocycles. The maximum Gasteiger partial charge on any atom is 0.251 e. The van der Waals surface area contributed by atoms with Crippen LogP contribution in [0.5, 0.6) is 0 Å². The zero-order valence-corrected chi connectivity index (χ0v) is 12.4. The normalized spacial score (nSPS) is 11.9. The molecule has 1 unspecified atom stereocenters. The summed E-state index contributed by atoms with van der Waals surface area (Å²) in [7, 11) is 0. The van der Waals surface area contributed by atoms with E-state index in [9.17, 15) is 4.79 Å². The third-order valence-corrected chi connectivity index (χ3v) is 3.64. The Morgan fingerprint density at radius 2 is 1.85 bits per heavy atom. The number of benzene rings is 2. The number of hydrogen-bond acceptors (Lipinski definition) is 1. The molecule has 2 aromatic carbocycles. The first-order valence-electron chi connectivity index (χ1n) is 6.62. The van der Waals surface area contributed by atoms with Gasteiger partial charge in [-0.2, -0.15) is 0 Å². The van der Waals surface area contributed by atoms with Gasteiger partial charge in [0, 0.05) is 12.1 Å². The number of carbonyl (C=O) groups excluding carboxylic acids is 1. The van der Waals surface area contributed by atoms with Gasteiger partial charge in [-0.3, -0.25) is 4.79 Å². The first-order chi connectivity index (χ1) is 9.58. The van der Waals surface area contributed by atoms with E-state index in [1.165, 1.54) is 0 Å². The molecule has 0 spiro atoms. The lowest BCUT2D eigenvalue weighted by molar-refractivity contribution is 0.0953. The molecule has 3 heteroatoms. The summed E-state index contributed by atoms with van der Waals surface area (Å²) in [4.78, 5) is 12.1. The maximum absolute atomic E-state index is 12.1. The van der Waals surface area contributed by atoms with Gasteiger partial charge in [-0.25, -0.2) is 0 Å².